The second-order valence-corrected chi connectivity index (χ2v) is 6.08. The number of amides is 1. The van der Waals surface area contributed by atoms with Crippen molar-refractivity contribution in [1.82, 2.24) is 4.90 Å². The molecule has 3 rings (SSSR count). The number of nitro groups is 1. The number of rotatable bonds is 6. The summed E-state index contributed by atoms with van der Waals surface area (Å²) in [6.07, 6.45) is 0.707. The largest absolute Gasteiger partial charge is 0.493 e. The molecule has 0 unspecified atom stereocenters. The Morgan fingerprint density at radius 3 is 2.52 bits per heavy atom. The average molecular weight is 372 g/mol. The van der Waals surface area contributed by atoms with Gasteiger partial charge in [-0.1, -0.05) is 6.07 Å². The molecule has 8 heteroatoms. The number of methoxy groups -OCH3 is 2. The van der Waals surface area contributed by atoms with Gasteiger partial charge in [0.05, 0.1) is 25.2 Å². The van der Waals surface area contributed by atoms with Crippen molar-refractivity contribution >= 4 is 11.6 Å². The Morgan fingerprint density at radius 1 is 1.15 bits per heavy atom. The molecule has 0 N–H and O–H groups in total. The third kappa shape index (κ3) is 4.11. The molecule has 142 valence electrons. The Morgan fingerprint density at radius 2 is 1.85 bits per heavy atom. The molecule has 0 atom stereocenters. The predicted octanol–water partition coefficient (Wildman–Crippen LogP) is 2.58. The summed E-state index contributed by atoms with van der Waals surface area (Å²) < 4.78 is 16.1. The van der Waals surface area contributed by atoms with Crippen LogP contribution in [0.25, 0.3) is 0 Å². The van der Waals surface area contributed by atoms with Gasteiger partial charge >= 0.3 is 0 Å². The SMILES string of the molecule is COc1cc2c(cc1OC)CN(C(=O)COc1cccc([N+](=O)[O-])c1)CC2. The maximum absolute atomic E-state index is 12.5. The van der Waals surface area contributed by atoms with E-state index >= 15 is 0 Å². The summed E-state index contributed by atoms with van der Waals surface area (Å²) in [6.45, 7) is 0.843. The van der Waals surface area contributed by atoms with Crippen LogP contribution in [0.3, 0.4) is 0 Å². The topological polar surface area (TPSA) is 91.1 Å². The number of carbonyl (C=O) groups excluding carboxylic acids is 1. The van der Waals surface area contributed by atoms with Gasteiger partial charge in [-0.2, -0.15) is 0 Å². The molecular weight excluding hydrogens is 352 g/mol. The molecule has 0 aromatic heterocycles. The van der Waals surface area contributed by atoms with E-state index in [1.54, 1.807) is 25.2 Å². The molecule has 27 heavy (non-hydrogen) atoms. The van der Waals surface area contributed by atoms with Gasteiger partial charge in [0.25, 0.3) is 11.6 Å². The minimum absolute atomic E-state index is 0.0760. The molecule has 8 nitrogen and oxygen atoms in total. The van der Waals surface area contributed by atoms with E-state index in [-0.39, 0.29) is 18.2 Å². The molecule has 2 aromatic carbocycles. The molecule has 1 heterocycles. The number of nitro benzene ring substituents is 1. The number of carbonyl (C=O) groups is 1. The monoisotopic (exact) mass is 372 g/mol. The second-order valence-electron chi connectivity index (χ2n) is 6.08. The third-order valence-corrected chi connectivity index (χ3v) is 4.46. The lowest BCUT2D eigenvalue weighted by Gasteiger charge is -2.29. The summed E-state index contributed by atoms with van der Waals surface area (Å²) in [5.74, 6) is 1.41. The van der Waals surface area contributed by atoms with Gasteiger partial charge in [-0.3, -0.25) is 14.9 Å². The first-order valence-corrected chi connectivity index (χ1v) is 8.40. The zero-order valence-electron chi connectivity index (χ0n) is 15.1. The maximum Gasteiger partial charge on any atom is 0.273 e. The van der Waals surface area contributed by atoms with Gasteiger partial charge in [-0.05, 0) is 35.7 Å². The molecule has 0 radical (unpaired) electrons. The number of hydrogen-bond acceptors (Lipinski definition) is 6. The lowest BCUT2D eigenvalue weighted by atomic mass is 9.99. The van der Waals surface area contributed by atoms with Crippen LogP contribution in [0.5, 0.6) is 17.2 Å². The molecular formula is C19H20N2O6. The number of benzene rings is 2. The summed E-state index contributed by atoms with van der Waals surface area (Å²) in [7, 11) is 3.16. The van der Waals surface area contributed by atoms with Crippen LogP contribution in [0.2, 0.25) is 0 Å². The highest BCUT2D eigenvalue weighted by atomic mass is 16.6. The van der Waals surface area contributed by atoms with E-state index in [2.05, 4.69) is 0 Å². The normalized spacial score (nSPS) is 12.9. The van der Waals surface area contributed by atoms with Crippen LogP contribution in [-0.2, 0) is 17.8 Å². The van der Waals surface area contributed by atoms with Gasteiger partial charge in [0.15, 0.2) is 18.1 Å². The van der Waals surface area contributed by atoms with Crippen LogP contribution in [0.15, 0.2) is 36.4 Å². The summed E-state index contributed by atoms with van der Waals surface area (Å²) in [5.41, 5.74) is 2.05. The molecule has 1 amide bonds. The Labute approximate surface area is 156 Å². The van der Waals surface area contributed by atoms with E-state index < -0.39 is 4.92 Å². The molecule has 0 fully saturated rings. The number of hydrogen-bond donors (Lipinski definition) is 0. The fourth-order valence-electron chi connectivity index (χ4n) is 3.02. The third-order valence-electron chi connectivity index (χ3n) is 4.46. The van der Waals surface area contributed by atoms with E-state index in [0.29, 0.717) is 36.8 Å². The highest BCUT2D eigenvalue weighted by molar-refractivity contribution is 5.78. The van der Waals surface area contributed by atoms with E-state index in [9.17, 15) is 14.9 Å². The highest BCUT2D eigenvalue weighted by Gasteiger charge is 2.23. The van der Waals surface area contributed by atoms with E-state index in [0.717, 1.165) is 11.1 Å². The van der Waals surface area contributed by atoms with Crippen LogP contribution in [-0.4, -0.2) is 43.1 Å². The Hall–Kier alpha value is -3.29. The van der Waals surface area contributed by atoms with Gasteiger partial charge in [0.2, 0.25) is 0 Å². The predicted molar refractivity (Wildman–Crippen MR) is 97.3 cm³/mol. The molecule has 0 spiro atoms. The Bertz CT molecular complexity index is 867. The van der Waals surface area contributed by atoms with Crippen molar-refractivity contribution in [3.63, 3.8) is 0 Å². The van der Waals surface area contributed by atoms with Gasteiger partial charge in [-0.25, -0.2) is 0 Å². The maximum atomic E-state index is 12.5. The van der Waals surface area contributed by atoms with Crippen molar-refractivity contribution in [2.24, 2.45) is 0 Å². The molecule has 2 aromatic rings. The summed E-state index contributed by atoms with van der Waals surface area (Å²) >= 11 is 0. The van der Waals surface area contributed by atoms with Crippen LogP contribution in [0.1, 0.15) is 11.1 Å². The fraction of sp³-hybridized carbons (Fsp3) is 0.316. The lowest BCUT2D eigenvalue weighted by molar-refractivity contribution is -0.384. The molecule has 1 aliphatic heterocycles. The standard InChI is InChI=1S/C19H20N2O6/c1-25-17-8-13-6-7-20(11-14(13)9-18(17)26-2)19(22)12-27-16-5-3-4-15(10-16)21(23)24/h3-5,8-10H,6-7,11-12H2,1-2H3. The van der Waals surface area contributed by atoms with Gasteiger partial charge < -0.3 is 19.1 Å². The number of nitrogens with zero attached hydrogens (tertiary/aromatic N) is 2. The van der Waals surface area contributed by atoms with Crippen LogP contribution < -0.4 is 14.2 Å². The van der Waals surface area contributed by atoms with E-state index in [1.165, 1.54) is 18.2 Å². The Balaban J connectivity index is 1.65. The summed E-state index contributed by atoms with van der Waals surface area (Å²) in [6, 6.07) is 9.61. The number of non-ortho nitro benzene ring substituents is 1. The minimum atomic E-state index is -0.502. The van der Waals surface area contributed by atoms with Crippen molar-refractivity contribution in [3.8, 4) is 17.2 Å². The van der Waals surface area contributed by atoms with Gasteiger partial charge in [-0.15, -0.1) is 0 Å². The van der Waals surface area contributed by atoms with Crippen LogP contribution >= 0.6 is 0 Å². The van der Waals surface area contributed by atoms with Crippen LogP contribution in [0.4, 0.5) is 5.69 Å². The van der Waals surface area contributed by atoms with Gasteiger partial charge in [0.1, 0.15) is 5.75 Å². The van der Waals surface area contributed by atoms with Crippen molar-refractivity contribution in [3.05, 3.63) is 57.6 Å². The molecule has 1 aliphatic rings. The summed E-state index contributed by atoms with van der Waals surface area (Å²) in [5, 5.41) is 10.8. The molecule has 0 aliphatic carbocycles. The minimum Gasteiger partial charge on any atom is -0.493 e. The zero-order valence-corrected chi connectivity index (χ0v) is 15.1. The fourth-order valence-corrected chi connectivity index (χ4v) is 3.02. The van der Waals surface area contributed by atoms with E-state index in [1.807, 2.05) is 12.1 Å². The van der Waals surface area contributed by atoms with E-state index in [4.69, 9.17) is 14.2 Å². The van der Waals surface area contributed by atoms with Gasteiger partial charge in [0, 0.05) is 19.2 Å². The van der Waals surface area contributed by atoms with Crippen molar-refractivity contribution in [1.29, 1.82) is 0 Å². The van der Waals surface area contributed by atoms with Crippen molar-refractivity contribution in [2.75, 3.05) is 27.4 Å². The molecule has 0 bridgehead atoms. The quantitative estimate of drug-likeness (QED) is 0.572. The zero-order chi connectivity index (χ0) is 19.4. The average Bonchev–Trinajstić information content (AvgIpc) is 2.70. The molecule has 0 saturated carbocycles. The van der Waals surface area contributed by atoms with Crippen molar-refractivity contribution < 1.29 is 23.9 Å². The summed E-state index contributed by atoms with van der Waals surface area (Å²) in [4.78, 5) is 24.5. The first-order valence-electron chi connectivity index (χ1n) is 8.40. The first-order chi connectivity index (χ1) is 13.0. The second kappa shape index (κ2) is 7.94. The van der Waals surface area contributed by atoms with Crippen molar-refractivity contribution in [2.45, 2.75) is 13.0 Å². The molecule has 0 saturated heterocycles. The smallest absolute Gasteiger partial charge is 0.273 e. The Kier molecular flexibility index (Phi) is 5.44. The highest BCUT2D eigenvalue weighted by Crippen LogP contribution is 2.33. The lowest BCUT2D eigenvalue weighted by Crippen LogP contribution is -2.38. The number of fused-ring (bicyclic) bond motifs is 1. The first kappa shape index (κ1) is 18.5. The van der Waals surface area contributed by atoms with Crippen LogP contribution in [0, 0.1) is 10.1 Å². The number of ether oxygens (including phenoxy) is 3.